The standard InChI is InChI=1S/C20H18N2O2/c1-3-24-20(23)18-13-17(16-11-7-8-14(2)12-16)21-19(22-18)15-9-5-4-6-10-15/h4-13H,3H2,1-2H3. The molecule has 0 aliphatic rings. The summed E-state index contributed by atoms with van der Waals surface area (Å²) < 4.78 is 5.10. The topological polar surface area (TPSA) is 52.1 Å². The van der Waals surface area contributed by atoms with Crippen molar-refractivity contribution in [3.63, 3.8) is 0 Å². The quantitative estimate of drug-likeness (QED) is 0.673. The van der Waals surface area contributed by atoms with E-state index in [2.05, 4.69) is 9.97 Å². The molecule has 0 spiro atoms. The summed E-state index contributed by atoms with van der Waals surface area (Å²) in [4.78, 5) is 21.2. The maximum Gasteiger partial charge on any atom is 0.357 e. The molecule has 0 fully saturated rings. The molecule has 0 amide bonds. The normalized spacial score (nSPS) is 10.4. The first-order chi connectivity index (χ1) is 11.7. The van der Waals surface area contributed by atoms with Gasteiger partial charge >= 0.3 is 5.97 Å². The number of rotatable bonds is 4. The number of esters is 1. The summed E-state index contributed by atoms with van der Waals surface area (Å²) in [5, 5.41) is 0. The van der Waals surface area contributed by atoms with Crippen molar-refractivity contribution in [2.45, 2.75) is 13.8 Å². The molecular weight excluding hydrogens is 300 g/mol. The van der Waals surface area contributed by atoms with Crippen LogP contribution in [0.15, 0.2) is 60.7 Å². The highest BCUT2D eigenvalue weighted by atomic mass is 16.5. The number of aryl methyl sites for hydroxylation is 1. The van der Waals surface area contributed by atoms with Crippen molar-refractivity contribution < 1.29 is 9.53 Å². The van der Waals surface area contributed by atoms with Crippen LogP contribution in [-0.2, 0) is 4.74 Å². The van der Waals surface area contributed by atoms with Gasteiger partial charge in [0.05, 0.1) is 12.3 Å². The third-order valence-electron chi connectivity index (χ3n) is 3.56. The number of hydrogen-bond donors (Lipinski definition) is 0. The van der Waals surface area contributed by atoms with Crippen LogP contribution in [0, 0.1) is 6.92 Å². The van der Waals surface area contributed by atoms with Gasteiger partial charge in [-0.05, 0) is 26.0 Å². The van der Waals surface area contributed by atoms with E-state index in [-0.39, 0.29) is 5.69 Å². The summed E-state index contributed by atoms with van der Waals surface area (Å²) in [6.07, 6.45) is 0. The van der Waals surface area contributed by atoms with Gasteiger partial charge < -0.3 is 4.74 Å². The number of benzene rings is 2. The summed E-state index contributed by atoms with van der Waals surface area (Å²) in [6, 6.07) is 19.3. The maximum atomic E-state index is 12.2. The lowest BCUT2D eigenvalue weighted by molar-refractivity contribution is 0.0519. The highest BCUT2D eigenvalue weighted by Gasteiger charge is 2.14. The third kappa shape index (κ3) is 3.49. The summed E-state index contributed by atoms with van der Waals surface area (Å²) >= 11 is 0. The fraction of sp³-hybridized carbons (Fsp3) is 0.150. The first-order valence-corrected chi connectivity index (χ1v) is 7.86. The van der Waals surface area contributed by atoms with Crippen LogP contribution in [0.3, 0.4) is 0 Å². The van der Waals surface area contributed by atoms with Gasteiger partial charge in [0.2, 0.25) is 0 Å². The van der Waals surface area contributed by atoms with E-state index < -0.39 is 5.97 Å². The van der Waals surface area contributed by atoms with Crippen molar-refractivity contribution >= 4 is 5.97 Å². The number of carbonyl (C=O) groups is 1. The summed E-state index contributed by atoms with van der Waals surface area (Å²) in [5.41, 5.74) is 3.90. The Morgan fingerprint density at radius 1 is 0.958 bits per heavy atom. The first kappa shape index (κ1) is 15.9. The zero-order chi connectivity index (χ0) is 16.9. The molecule has 1 aromatic heterocycles. The molecule has 24 heavy (non-hydrogen) atoms. The Kier molecular flexibility index (Phi) is 4.66. The molecular formula is C20H18N2O2. The van der Waals surface area contributed by atoms with Crippen LogP contribution in [0.2, 0.25) is 0 Å². The predicted molar refractivity (Wildman–Crippen MR) is 93.6 cm³/mol. The summed E-state index contributed by atoms with van der Waals surface area (Å²) in [6.45, 7) is 4.11. The molecule has 0 saturated carbocycles. The van der Waals surface area contributed by atoms with Crippen LogP contribution in [0.25, 0.3) is 22.6 Å². The molecule has 0 aliphatic carbocycles. The van der Waals surface area contributed by atoms with Gasteiger partial charge in [-0.15, -0.1) is 0 Å². The molecule has 0 aliphatic heterocycles. The molecule has 0 bridgehead atoms. The number of nitrogens with zero attached hydrogens (tertiary/aromatic N) is 2. The number of hydrogen-bond acceptors (Lipinski definition) is 4. The van der Waals surface area contributed by atoms with Gasteiger partial charge in [-0.2, -0.15) is 0 Å². The Hall–Kier alpha value is -3.01. The molecule has 2 aromatic carbocycles. The zero-order valence-corrected chi connectivity index (χ0v) is 13.7. The lowest BCUT2D eigenvalue weighted by Crippen LogP contribution is -2.09. The third-order valence-corrected chi connectivity index (χ3v) is 3.56. The van der Waals surface area contributed by atoms with Gasteiger partial charge in [-0.25, -0.2) is 14.8 Å². The molecule has 0 N–H and O–H groups in total. The summed E-state index contributed by atoms with van der Waals surface area (Å²) in [7, 11) is 0. The Balaban J connectivity index is 2.14. The van der Waals surface area contributed by atoms with Crippen molar-refractivity contribution in [1.82, 2.24) is 9.97 Å². The van der Waals surface area contributed by atoms with Crippen LogP contribution in [-0.4, -0.2) is 22.5 Å². The van der Waals surface area contributed by atoms with Gasteiger partial charge in [0.1, 0.15) is 0 Å². The van der Waals surface area contributed by atoms with Crippen LogP contribution >= 0.6 is 0 Å². The predicted octanol–water partition coefficient (Wildman–Crippen LogP) is 4.30. The monoisotopic (exact) mass is 318 g/mol. The van der Waals surface area contributed by atoms with Crippen LogP contribution < -0.4 is 0 Å². The maximum absolute atomic E-state index is 12.2. The van der Waals surface area contributed by atoms with Crippen molar-refractivity contribution in [1.29, 1.82) is 0 Å². The highest BCUT2D eigenvalue weighted by molar-refractivity contribution is 5.89. The highest BCUT2D eigenvalue weighted by Crippen LogP contribution is 2.23. The molecule has 4 heteroatoms. The van der Waals surface area contributed by atoms with E-state index in [1.807, 2.05) is 61.5 Å². The lowest BCUT2D eigenvalue weighted by Gasteiger charge is -2.09. The second-order valence-electron chi connectivity index (χ2n) is 5.42. The molecule has 120 valence electrons. The van der Waals surface area contributed by atoms with Crippen molar-refractivity contribution in [3.05, 3.63) is 71.9 Å². The Morgan fingerprint density at radius 3 is 2.42 bits per heavy atom. The molecule has 0 atom stereocenters. The second-order valence-corrected chi connectivity index (χ2v) is 5.42. The number of aromatic nitrogens is 2. The molecule has 0 radical (unpaired) electrons. The fourth-order valence-electron chi connectivity index (χ4n) is 2.43. The van der Waals surface area contributed by atoms with Crippen molar-refractivity contribution in [2.75, 3.05) is 6.61 Å². The zero-order valence-electron chi connectivity index (χ0n) is 13.7. The van der Waals surface area contributed by atoms with Crippen molar-refractivity contribution in [2.24, 2.45) is 0 Å². The van der Waals surface area contributed by atoms with Gasteiger partial charge in [-0.3, -0.25) is 0 Å². The molecule has 0 unspecified atom stereocenters. The van der Waals surface area contributed by atoms with Crippen molar-refractivity contribution in [3.8, 4) is 22.6 Å². The largest absolute Gasteiger partial charge is 0.461 e. The molecule has 1 heterocycles. The van der Waals surface area contributed by atoms with Crippen LogP contribution in [0.1, 0.15) is 23.0 Å². The van der Waals surface area contributed by atoms with Gasteiger partial charge in [-0.1, -0.05) is 54.1 Å². The molecule has 0 saturated heterocycles. The minimum Gasteiger partial charge on any atom is -0.461 e. The molecule has 3 rings (SSSR count). The van der Waals surface area contributed by atoms with Crippen LogP contribution in [0.5, 0.6) is 0 Å². The number of carbonyl (C=O) groups excluding carboxylic acids is 1. The molecule has 3 aromatic rings. The SMILES string of the molecule is CCOC(=O)c1cc(-c2cccc(C)c2)nc(-c2ccccc2)n1. The molecule has 4 nitrogen and oxygen atoms in total. The fourth-order valence-corrected chi connectivity index (χ4v) is 2.43. The van der Waals surface area contributed by atoms with Crippen LogP contribution in [0.4, 0.5) is 0 Å². The van der Waals surface area contributed by atoms with E-state index in [0.29, 0.717) is 18.1 Å². The van der Waals surface area contributed by atoms with E-state index in [4.69, 9.17) is 4.74 Å². The van der Waals surface area contributed by atoms with Gasteiger partial charge in [0, 0.05) is 11.1 Å². The minimum atomic E-state index is -0.439. The summed E-state index contributed by atoms with van der Waals surface area (Å²) in [5.74, 6) is 0.0728. The Bertz CT molecular complexity index is 861. The van der Waals surface area contributed by atoms with Gasteiger partial charge in [0.25, 0.3) is 0 Å². The van der Waals surface area contributed by atoms with E-state index in [1.54, 1.807) is 13.0 Å². The van der Waals surface area contributed by atoms with E-state index in [1.165, 1.54) is 0 Å². The Morgan fingerprint density at radius 2 is 1.71 bits per heavy atom. The van der Waals surface area contributed by atoms with E-state index in [9.17, 15) is 4.79 Å². The van der Waals surface area contributed by atoms with Gasteiger partial charge in [0.15, 0.2) is 11.5 Å². The van der Waals surface area contributed by atoms with E-state index >= 15 is 0 Å². The minimum absolute atomic E-state index is 0.266. The second kappa shape index (κ2) is 7.04. The lowest BCUT2D eigenvalue weighted by atomic mass is 10.1. The smallest absolute Gasteiger partial charge is 0.357 e. The average molecular weight is 318 g/mol. The van der Waals surface area contributed by atoms with E-state index in [0.717, 1.165) is 16.7 Å². The average Bonchev–Trinajstić information content (AvgIpc) is 2.62. The first-order valence-electron chi connectivity index (χ1n) is 7.86. The number of ether oxygens (including phenoxy) is 1. The Labute approximate surface area is 141 Å².